The van der Waals surface area contributed by atoms with Crippen LogP contribution in [0.15, 0.2) is 108 Å². The van der Waals surface area contributed by atoms with Crippen molar-refractivity contribution in [1.82, 2.24) is 0 Å². The van der Waals surface area contributed by atoms with Gasteiger partial charge < -0.3 is 0 Å². The average Bonchev–Trinajstić information content (AvgIpc) is 2.81. The molecule has 0 spiro atoms. The van der Waals surface area contributed by atoms with Crippen LogP contribution in [-0.2, 0) is 0 Å². The van der Waals surface area contributed by atoms with Crippen LogP contribution in [0.5, 0.6) is 0 Å². The lowest BCUT2D eigenvalue weighted by molar-refractivity contribution is 0.295. The van der Waals surface area contributed by atoms with Crippen LogP contribution in [0, 0.1) is 5.41 Å². The lowest BCUT2D eigenvalue weighted by atomic mass is 9.78. The molecule has 0 aromatic heterocycles. The summed E-state index contributed by atoms with van der Waals surface area (Å²) < 4.78 is 0. The van der Waals surface area contributed by atoms with Gasteiger partial charge in [-0.1, -0.05) is 122 Å². The minimum Gasteiger partial charge on any atom is -0.292 e. The van der Waals surface area contributed by atoms with Gasteiger partial charge in [0.1, 0.15) is 0 Å². The van der Waals surface area contributed by atoms with Crippen LogP contribution in [0.1, 0.15) is 42.9 Å². The normalized spacial score (nSPS) is 13.9. The van der Waals surface area contributed by atoms with Crippen molar-refractivity contribution in [2.45, 2.75) is 26.2 Å². The molecular formula is C29H31N. The molecule has 3 rings (SSSR count). The van der Waals surface area contributed by atoms with E-state index in [0.29, 0.717) is 0 Å². The fourth-order valence-electron chi connectivity index (χ4n) is 3.52. The maximum Gasteiger partial charge on any atom is 0.0451 e. The molecule has 3 aromatic carbocycles. The molecule has 3 aromatic rings. The summed E-state index contributed by atoms with van der Waals surface area (Å²) in [4.78, 5) is 4.84. The molecule has 0 saturated heterocycles. The molecule has 152 valence electrons. The van der Waals surface area contributed by atoms with Crippen molar-refractivity contribution < 1.29 is 0 Å². The molecule has 0 amide bonds. The Morgan fingerprint density at radius 2 is 1.07 bits per heavy atom. The first-order valence-corrected chi connectivity index (χ1v) is 10.8. The SMILES string of the molecule is CCC(CC=Cc1ccccc1)(CC=Cc1ccccc1)CN=Cc1ccccc1. The molecule has 0 aliphatic carbocycles. The summed E-state index contributed by atoms with van der Waals surface area (Å²) in [6.07, 6.45) is 14.2. The molecule has 0 fully saturated rings. The van der Waals surface area contributed by atoms with Gasteiger partial charge in [-0.3, -0.25) is 4.99 Å². The minimum absolute atomic E-state index is 0.113. The van der Waals surface area contributed by atoms with E-state index in [-0.39, 0.29) is 5.41 Å². The van der Waals surface area contributed by atoms with Crippen LogP contribution in [0.3, 0.4) is 0 Å². The molecule has 0 unspecified atom stereocenters. The zero-order valence-corrected chi connectivity index (χ0v) is 17.8. The van der Waals surface area contributed by atoms with Crippen molar-refractivity contribution in [3.8, 4) is 0 Å². The summed E-state index contributed by atoms with van der Waals surface area (Å²) in [6, 6.07) is 31.4. The first kappa shape index (κ1) is 21.5. The zero-order valence-electron chi connectivity index (χ0n) is 17.8. The number of rotatable bonds is 10. The third-order valence-electron chi connectivity index (χ3n) is 5.54. The van der Waals surface area contributed by atoms with E-state index in [4.69, 9.17) is 4.99 Å². The van der Waals surface area contributed by atoms with E-state index in [9.17, 15) is 0 Å². The van der Waals surface area contributed by atoms with Gasteiger partial charge in [0.15, 0.2) is 0 Å². The van der Waals surface area contributed by atoms with Gasteiger partial charge >= 0.3 is 0 Å². The molecule has 30 heavy (non-hydrogen) atoms. The van der Waals surface area contributed by atoms with E-state index in [0.717, 1.165) is 31.4 Å². The smallest absolute Gasteiger partial charge is 0.0451 e. The largest absolute Gasteiger partial charge is 0.292 e. The number of allylic oxidation sites excluding steroid dienone is 2. The molecule has 0 aliphatic heterocycles. The van der Waals surface area contributed by atoms with Crippen LogP contribution in [0.25, 0.3) is 12.2 Å². The van der Waals surface area contributed by atoms with Gasteiger partial charge in [-0.25, -0.2) is 0 Å². The second-order valence-electron chi connectivity index (χ2n) is 7.77. The number of hydrogen-bond donors (Lipinski definition) is 0. The van der Waals surface area contributed by atoms with Gasteiger partial charge in [-0.2, -0.15) is 0 Å². The molecule has 0 atom stereocenters. The highest BCUT2D eigenvalue weighted by Crippen LogP contribution is 2.33. The Bertz CT molecular complexity index is 812. The number of hydrogen-bond acceptors (Lipinski definition) is 1. The van der Waals surface area contributed by atoms with Crippen LogP contribution in [0.4, 0.5) is 0 Å². The maximum absolute atomic E-state index is 4.84. The molecule has 0 aliphatic rings. The molecule has 1 heteroatoms. The Balaban J connectivity index is 1.73. The topological polar surface area (TPSA) is 12.4 Å². The Morgan fingerprint density at radius 1 is 0.633 bits per heavy atom. The average molecular weight is 394 g/mol. The zero-order chi connectivity index (χ0) is 20.9. The number of benzene rings is 3. The molecule has 0 N–H and O–H groups in total. The van der Waals surface area contributed by atoms with Crippen LogP contribution >= 0.6 is 0 Å². The number of nitrogens with zero attached hydrogens (tertiary/aromatic N) is 1. The van der Waals surface area contributed by atoms with E-state index >= 15 is 0 Å². The Hall–Kier alpha value is -3.19. The molecule has 0 heterocycles. The monoisotopic (exact) mass is 393 g/mol. The Kier molecular flexibility index (Phi) is 8.41. The second-order valence-corrected chi connectivity index (χ2v) is 7.77. The van der Waals surface area contributed by atoms with Crippen LogP contribution in [-0.4, -0.2) is 12.8 Å². The summed E-state index contributed by atoms with van der Waals surface area (Å²) in [7, 11) is 0. The van der Waals surface area contributed by atoms with E-state index in [2.05, 4.69) is 116 Å². The molecule has 0 radical (unpaired) electrons. The second kappa shape index (κ2) is 11.7. The molecule has 0 saturated carbocycles. The number of aliphatic imine (C=N–C) groups is 1. The summed E-state index contributed by atoms with van der Waals surface area (Å²) in [5.41, 5.74) is 3.76. The highest BCUT2D eigenvalue weighted by atomic mass is 14.7. The first-order valence-electron chi connectivity index (χ1n) is 10.8. The Labute approximate surface area is 181 Å². The standard InChI is InChI=1S/C29H31N/c1-2-29(22-12-20-26-14-6-3-7-15-26,23-13-21-27-16-8-4-9-17-27)25-30-24-28-18-10-5-11-19-28/h3-21,24H,2,22-23,25H2,1H3. The van der Waals surface area contributed by atoms with Gasteiger partial charge in [0.25, 0.3) is 0 Å². The third-order valence-corrected chi connectivity index (χ3v) is 5.54. The Morgan fingerprint density at radius 3 is 1.50 bits per heavy atom. The van der Waals surface area contributed by atoms with Gasteiger partial charge in [-0.05, 0) is 41.4 Å². The van der Waals surface area contributed by atoms with Crippen molar-refractivity contribution in [2.75, 3.05) is 6.54 Å². The van der Waals surface area contributed by atoms with Crippen LogP contribution < -0.4 is 0 Å². The lowest BCUT2D eigenvalue weighted by Crippen LogP contribution is -2.22. The third kappa shape index (κ3) is 7.00. The predicted octanol–water partition coefficient (Wildman–Crippen LogP) is 7.71. The van der Waals surface area contributed by atoms with Crippen molar-refractivity contribution in [3.63, 3.8) is 0 Å². The summed E-state index contributed by atoms with van der Waals surface area (Å²) in [5.74, 6) is 0. The fourth-order valence-corrected chi connectivity index (χ4v) is 3.52. The van der Waals surface area contributed by atoms with E-state index in [1.54, 1.807) is 0 Å². The van der Waals surface area contributed by atoms with Crippen molar-refractivity contribution >= 4 is 18.4 Å². The molecule has 1 nitrogen and oxygen atoms in total. The molecular weight excluding hydrogens is 362 g/mol. The highest BCUT2D eigenvalue weighted by molar-refractivity contribution is 5.79. The summed E-state index contributed by atoms with van der Waals surface area (Å²) >= 11 is 0. The van der Waals surface area contributed by atoms with Crippen molar-refractivity contribution in [2.24, 2.45) is 10.4 Å². The first-order chi connectivity index (χ1) is 14.8. The quantitative estimate of drug-likeness (QED) is 0.313. The van der Waals surface area contributed by atoms with Gasteiger partial charge in [-0.15, -0.1) is 0 Å². The predicted molar refractivity (Wildman–Crippen MR) is 132 cm³/mol. The summed E-state index contributed by atoms with van der Waals surface area (Å²) in [6.45, 7) is 3.10. The lowest BCUT2D eigenvalue weighted by Gasteiger charge is -2.29. The molecule has 0 bridgehead atoms. The van der Waals surface area contributed by atoms with Crippen molar-refractivity contribution in [3.05, 3.63) is 120 Å². The summed E-state index contributed by atoms with van der Waals surface area (Å²) in [5, 5.41) is 0. The van der Waals surface area contributed by atoms with E-state index in [1.165, 1.54) is 11.1 Å². The van der Waals surface area contributed by atoms with Gasteiger partial charge in [0, 0.05) is 12.8 Å². The van der Waals surface area contributed by atoms with Crippen molar-refractivity contribution in [1.29, 1.82) is 0 Å². The maximum atomic E-state index is 4.84. The van der Waals surface area contributed by atoms with E-state index in [1.807, 2.05) is 12.3 Å². The van der Waals surface area contributed by atoms with Crippen LogP contribution in [0.2, 0.25) is 0 Å². The van der Waals surface area contributed by atoms with E-state index < -0.39 is 0 Å². The van der Waals surface area contributed by atoms with Gasteiger partial charge in [0.2, 0.25) is 0 Å². The highest BCUT2D eigenvalue weighted by Gasteiger charge is 2.25. The minimum atomic E-state index is 0.113. The van der Waals surface area contributed by atoms with Gasteiger partial charge in [0.05, 0.1) is 0 Å². The fraction of sp³-hybridized carbons (Fsp3) is 0.207.